The zero-order valence-corrected chi connectivity index (χ0v) is 12.8. The van der Waals surface area contributed by atoms with Crippen molar-refractivity contribution in [1.29, 1.82) is 5.26 Å². The number of hydrogen-bond acceptors (Lipinski definition) is 9. The average Bonchev–Trinajstić information content (AvgIpc) is 3.05. The van der Waals surface area contributed by atoms with E-state index in [2.05, 4.69) is 11.3 Å². The highest BCUT2D eigenvalue weighted by molar-refractivity contribution is 7.87. The molecule has 0 radical (unpaired) electrons. The Morgan fingerprint density at radius 1 is 1.30 bits per heavy atom. The monoisotopic (exact) mass is 343 g/mol. The van der Waals surface area contributed by atoms with E-state index in [9.17, 15) is 18.0 Å². The summed E-state index contributed by atoms with van der Waals surface area (Å²) < 4.78 is 44.1. The Hall–Kier alpha value is -1.96. The second-order valence-corrected chi connectivity index (χ2v) is 7.27. The second-order valence-electron chi connectivity index (χ2n) is 5.55. The first-order valence-electron chi connectivity index (χ1n) is 6.75. The Bertz CT molecular complexity index is 723. The van der Waals surface area contributed by atoms with Crippen molar-refractivity contribution in [2.45, 2.75) is 36.6 Å². The highest BCUT2D eigenvalue weighted by atomic mass is 32.2. The minimum Gasteiger partial charge on any atom is -0.455 e. The summed E-state index contributed by atoms with van der Waals surface area (Å²) in [7, 11) is -3.99. The van der Waals surface area contributed by atoms with Crippen LogP contribution in [0.25, 0.3) is 0 Å². The molecule has 0 aliphatic carbocycles. The molecule has 3 fully saturated rings. The van der Waals surface area contributed by atoms with E-state index in [0.717, 1.165) is 0 Å². The maximum atomic E-state index is 12.0. The van der Waals surface area contributed by atoms with E-state index in [4.69, 9.17) is 18.9 Å². The van der Waals surface area contributed by atoms with Crippen molar-refractivity contribution in [3.63, 3.8) is 0 Å². The maximum Gasteiger partial charge on any atom is 0.344 e. The molecule has 3 rings (SSSR count). The fourth-order valence-electron chi connectivity index (χ4n) is 3.03. The van der Waals surface area contributed by atoms with Gasteiger partial charge in [-0.05, 0) is 6.92 Å². The fourth-order valence-corrected chi connectivity index (χ4v) is 4.79. The van der Waals surface area contributed by atoms with Crippen LogP contribution in [0.4, 0.5) is 0 Å². The quantitative estimate of drug-likeness (QED) is 0.360. The minimum atomic E-state index is -3.99. The van der Waals surface area contributed by atoms with E-state index in [1.807, 2.05) is 6.07 Å². The highest BCUT2D eigenvalue weighted by Crippen LogP contribution is 2.50. The molecule has 6 unspecified atom stereocenters. The van der Waals surface area contributed by atoms with E-state index >= 15 is 0 Å². The van der Waals surface area contributed by atoms with Crippen LogP contribution in [0.2, 0.25) is 0 Å². The topological polar surface area (TPSA) is 129 Å². The largest absolute Gasteiger partial charge is 0.455 e. The highest BCUT2D eigenvalue weighted by Gasteiger charge is 2.72. The third-order valence-electron chi connectivity index (χ3n) is 3.98. The van der Waals surface area contributed by atoms with E-state index in [1.165, 1.54) is 6.92 Å². The second kappa shape index (κ2) is 5.30. The molecule has 124 valence electrons. The number of hydrogen-bond donors (Lipinski definition) is 0. The molecule has 2 bridgehead atoms. The first-order valence-corrected chi connectivity index (χ1v) is 8.22. The van der Waals surface area contributed by atoms with Crippen molar-refractivity contribution in [2.75, 3.05) is 6.61 Å². The normalized spacial score (nSPS) is 38.8. The van der Waals surface area contributed by atoms with Crippen LogP contribution in [0.15, 0.2) is 12.2 Å². The molecule has 0 aromatic rings. The summed E-state index contributed by atoms with van der Waals surface area (Å²) in [6, 6.07) is 1.93. The van der Waals surface area contributed by atoms with Gasteiger partial charge in [-0.3, -0.25) is 4.18 Å². The van der Waals surface area contributed by atoms with Gasteiger partial charge in [0.1, 0.15) is 24.2 Å². The zero-order valence-electron chi connectivity index (χ0n) is 12.0. The molecule has 0 saturated carbocycles. The van der Waals surface area contributed by atoms with Crippen LogP contribution in [0.1, 0.15) is 6.92 Å². The van der Waals surface area contributed by atoms with Crippen LogP contribution in [0.3, 0.4) is 0 Å². The Balaban J connectivity index is 1.71. The van der Waals surface area contributed by atoms with Gasteiger partial charge < -0.3 is 14.2 Å². The minimum absolute atomic E-state index is 0.111. The van der Waals surface area contributed by atoms with E-state index in [0.29, 0.717) is 0 Å². The molecular formula is C13H13NO8S. The van der Waals surface area contributed by atoms with Crippen LogP contribution in [-0.4, -0.2) is 56.6 Å². The van der Waals surface area contributed by atoms with Crippen LogP contribution >= 0.6 is 0 Å². The lowest BCUT2D eigenvalue weighted by Gasteiger charge is -2.24. The molecule has 9 nitrogen and oxygen atoms in total. The van der Waals surface area contributed by atoms with Crippen LogP contribution in [0.5, 0.6) is 0 Å². The van der Waals surface area contributed by atoms with Crippen molar-refractivity contribution >= 4 is 22.1 Å². The number of nitriles is 1. The number of ether oxygens (including phenoxy) is 3. The Kier molecular flexibility index (Phi) is 3.66. The molecular weight excluding hydrogens is 330 g/mol. The molecule has 0 aromatic carbocycles. The summed E-state index contributed by atoms with van der Waals surface area (Å²) in [5.41, 5.74) is 0.111. The first-order chi connectivity index (χ1) is 10.8. The van der Waals surface area contributed by atoms with E-state index in [1.54, 1.807) is 0 Å². The average molecular weight is 343 g/mol. The summed E-state index contributed by atoms with van der Waals surface area (Å²) in [6.07, 6.45) is -3.73. The number of carbonyl (C=O) groups excluding carboxylic acids is 2. The first kappa shape index (κ1) is 15.9. The number of esters is 2. The molecule has 3 saturated heterocycles. The molecule has 0 N–H and O–H groups in total. The van der Waals surface area contributed by atoms with Gasteiger partial charge in [0, 0.05) is 5.57 Å². The fraction of sp³-hybridized carbons (Fsp3) is 0.615. The summed E-state index contributed by atoms with van der Waals surface area (Å²) in [4.78, 5) is 23.0. The van der Waals surface area contributed by atoms with Gasteiger partial charge in [-0.1, -0.05) is 6.58 Å². The Morgan fingerprint density at radius 3 is 2.61 bits per heavy atom. The van der Waals surface area contributed by atoms with Gasteiger partial charge in [-0.25, -0.2) is 9.59 Å². The number of fused-ring (bicyclic) bond motifs is 1. The number of carbonyl (C=O) groups is 2. The molecule has 3 heterocycles. The van der Waals surface area contributed by atoms with Crippen LogP contribution < -0.4 is 0 Å². The standard InChI is InChI=1S/C13H13NO8S/c1-5(2)13(16)19-4-7(15)20-10-8-6(3-14)9-11(21-8)12(10)23(17,18)22-9/h6,8-12H,1,4H2,2H3. The molecule has 0 spiro atoms. The maximum absolute atomic E-state index is 12.0. The third kappa shape index (κ3) is 2.41. The van der Waals surface area contributed by atoms with Gasteiger partial charge in [0.2, 0.25) is 0 Å². The Morgan fingerprint density at radius 2 is 2.00 bits per heavy atom. The smallest absolute Gasteiger partial charge is 0.344 e. The van der Waals surface area contributed by atoms with Gasteiger partial charge in [0.15, 0.2) is 18.0 Å². The number of rotatable bonds is 4. The molecule has 3 aliphatic rings. The lowest BCUT2D eigenvalue weighted by molar-refractivity contribution is -0.162. The van der Waals surface area contributed by atoms with Crippen molar-refractivity contribution in [3.05, 3.63) is 12.2 Å². The lowest BCUT2D eigenvalue weighted by Crippen LogP contribution is -2.47. The predicted octanol–water partition coefficient (Wildman–Crippen LogP) is -0.965. The molecule has 0 amide bonds. The summed E-state index contributed by atoms with van der Waals surface area (Å²) in [5.74, 6) is -2.54. The molecule has 6 atom stereocenters. The summed E-state index contributed by atoms with van der Waals surface area (Å²) in [6.45, 7) is 4.09. The molecule has 0 aromatic heterocycles. The van der Waals surface area contributed by atoms with Gasteiger partial charge in [-0.2, -0.15) is 13.7 Å². The van der Waals surface area contributed by atoms with Gasteiger partial charge in [0.05, 0.1) is 6.07 Å². The van der Waals surface area contributed by atoms with E-state index < -0.39 is 64.2 Å². The molecule has 10 heteroatoms. The molecule has 23 heavy (non-hydrogen) atoms. The van der Waals surface area contributed by atoms with Crippen molar-refractivity contribution in [2.24, 2.45) is 5.92 Å². The zero-order chi connectivity index (χ0) is 16.9. The van der Waals surface area contributed by atoms with E-state index in [-0.39, 0.29) is 5.57 Å². The Labute approximate surface area is 131 Å². The third-order valence-corrected chi connectivity index (χ3v) is 5.68. The summed E-state index contributed by atoms with van der Waals surface area (Å²) in [5, 5.41) is 7.98. The van der Waals surface area contributed by atoms with Crippen LogP contribution in [-0.2, 0) is 38.1 Å². The van der Waals surface area contributed by atoms with Gasteiger partial charge in [0.25, 0.3) is 10.1 Å². The predicted molar refractivity (Wildman–Crippen MR) is 71.0 cm³/mol. The van der Waals surface area contributed by atoms with Gasteiger partial charge >= 0.3 is 11.9 Å². The van der Waals surface area contributed by atoms with Crippen molar-refractivity contribution in [1.82, 2.24) is 0 Å². The summed E-state index contributed by atoms with van der Waals surface area (Å²) >= 11 is 0. The van der Waals surface area contributed by atoms with Crippen LogP contribution in [0, 0.1) is 17.2 Å². The number of nitrogens with zero attached hydrogens (tertiary/aromatic N) is 1. The van der Waals surface area contributed by atoms with Crippen molar-refractivity contribution < 1.29 is 36.4 Å². The lowest BCUT2D eigenvalue weighted by atomic mass is 9.85. The molecule has 3 aliphatic heterocycles. The van der Waals surface area contributed by atoms with Gasteiger partial charge in [-0.15, -0.1) is 0 Å². The SMILES string of the molecule is C=C(C)C(=O)OCC(=O)OC1C2OC3C(OS(=O)(=O)C13)C2C#N. The van der Waals surface area contributed by atoms with Crippen molar-refractivity contribution in [3.8, 4) is 6.07 Å².